The summed E-state index contributed by atoms with van der Waals surface area (Å²) in [7, 11) is 0. The Morgan fingerprint density at radius 1 is 1.12 bits per heavy atom. The third-order valence-corrected chi connectivity index (χ3v) is 11.2. The van der Waals surface area contributed by atoms with Gasteiger partial charge in [0.1, 0.15) is 24.0 Å². The molecule has 3 aromatic rings. The average Bonchev–Trinajstić information content (AvgIpc) is 3.72. The van der Waals surface area contributed by atoms with E-state index in [9.17, 15) is 19.5 Å². The first-order valence-electron chi connectivity index (χ1n) is 15.1. The van der Waals surface area contributed by atoms with E-state index >= 15 is 0 Å². The standard InChI is InChI=1S/C31H38N6O5S/c1-3-42-21-13-11-20(12-14-21)33-28(39)25-24-17-19(2)31(43-24)26(25)30(41)36(15-7-4-8-16-38)27(31)29(40)32-18-37-23-10-6-5-9-22(23)34-35-37/h5-6,9-14,19,24-27,38H,3-4,7-8,15-18H2,1-2H3,(H,32,40)(H,33,39)/t19?,24-,25+,26-,27?,31?/m0/s1. The second kappa shape index (κ2) is 12.2. The number of carbonyl (C=O) groups excluding carboxylic acids is 3. The van der Waals surface area contributed by atoms with Crippen molar-refractivity contribution >= 4 is 46.2 Å². The number of hydrogen-bond acceptors (Lipinski definition) is 8. The highest BCUT2D eigenvalue weighted by atomic mass is 32.2. The van der Waals surface area contributed by atoms with Gasteiger partial charge in [0.05, 0.1) is 28.7 Å². The summed E-state index contributed by atoms with van der Waals surface area (Å²) in [5.74, 6) is -0.930. The number of amides is 3. The number of rotatable bonds is 12. The van der Waals surface area contributed by atoms with Gasteiger partial charge in [-0.05, 0) is 74.9 Å². The van der Waals surface area contributed by atoms with Gasteiger partial charge in [0.15, 0.2) is 0 Å². The monoisotopic (exact) mass is 606 g/mol. The largest absolute Gasteiger partial charge is 0.494 e. The van der Waals surface area contributed by atoms with Gasteiger partial charge in [-0.2, -0.15) is 0 Å². The third kappa shape index (κ3) is 5.14. The molecule has 3 saturated heterocycles. The van der Waals surface area contributed by atoms with Crippen LogP contribution < -0.4 is 15.4 Å². The van der Waals surface area contributed by atoms with Crippen LogP contribution in [0.5, 0.6) is 5.75 Å². The number of benzene rings is 2. The molecule has 6 rings (SSSR count). The molecule has 0 radical (unpaired) electrons. The number of aromatic nitrogens is 3. The number of carbonyl (C=O) groups is 3. The van der Waals surface area contributed by atoms with E-state index in [-0.39, 0.29) is 42.2 Å². The maximum absolute atomic E-state index is 14.2. The lowest BCUT2D eigenvalue weighted by molar-refractivity contribution is -0.139. The minimum atomic E-state index is -0.720. The summed E-state index contributed by atoms with van der Waals surface area (Å²) >= 11 is 1.65. The zero-order valence-corrected chi connectivity index (χ0v) is 25.3. The normalized spacial score (nSPS) is 27.5. The molecule has 1 spiro atoms. The number of unbranched alkanes of at least 4 members (excludes halogenated alkanes) is 2. The number of aliphatic hydroxyl groups is 1. The van der Waals surface area contributed by atoms with Gasteiger partial charge in [-0.15, -0.1) is 16.9 Å². The Bertz CT molecular complexity index is 1500. The Kier molecular flexibility index (Phi) is 8.32. The predicted molar refractivity (Wildman–Crippen MR) is 163 cm³/mol. The van der Waals surface area contributed by atoms with Crippen molar-refractivity contribution in [1.29, 1.82) is 0 Å². The fourth-order valence-corrected chi connectivity index (χ4v) is 9.66. The number of ether oxygens (including phenoxy) is 1. The minimum Gasteiger partial charge on any atom is -0.494 e. The van der Waals surface area contributed by atoms with Crippen molar-refractivity contribution < 1.29 is 24.2 Å². The highest BCUT2D eigenvalue weighted by molar-refractivity contribution is 8.02. The predicted octanol–water partition coefficient (Wildman–Crippen LogP) is 3.04. The van der Waals surface area contributed by atoms with Crippen LogP contribution in [0, 0.1) is 17.8 Å². The van der Waals surface area contributed by atoms with Crippen LogP contribution >= 0.6 is 11.8 Å². The molecule has 6 atom stereocenters. The minimum absolute atomic E-state index is 0.0576. The van der Waals surface area contributed by atoms with Crippen molar-refractivity contribution in [2.45, 2.75) is 62.2 Å². The van der Waals surface area contributed by atoms with Gasteiger partial charge in [0.2, 0.25) is 17.7 Å². The number of para-hydroxylation sites is 1. The summed E-state index contributed by atoms with van der Waals surface area (Å²) < 4.78 is 6.44. The fourth-order valence-electron chi connectivity index (χ4n) is 7.24. The molecule has 2 bridgehead atoms. The van der Waals surface area contributed by atoms with E-state index < -0.39 is 22.6 Å². The van der Waals surface area contributed by atoms with E-state index in [2.05, 4.69) is 27.9 Å². The SMILES string of the molecule is CCOc1ccc(NC(=O)[C@@H]2[C@@H]3CC(C)C4(S3)C(C(=O)NCn3nnc5ccccc53)N(CCCCCO)C(=O)[C@H]24)cc1. The molecule has 0 saturated carbocycles. The first kappa shape index (κ1) is 29.4. The van der Waals surface area contributed by atoms with Gasteiger partial charge < -0.3 is 25.4 Å². The molecule has 3 unspecified atom stereocenters. The summed E-state index contributed by atoms with van der Waals surface area (Å²) in [6, 6.07) is 14.0. The average molecular weight is 607 g/mol. The van der Waals surface area contributed by atoms with Crippen molar-refractivity contribution in [3.63, 3.8) is 0 Å². The van der Waals surface area contributed by atoms with Crippen molar-refractivity contribution in [2.75, 3.05) is 25.1 Å². The van der Waals surface area contributed by atoms with Gasteiger partial charge in [-0.25, -0.2) is 4.68 Å². The molecule has 228 valence electrons. The first-order chi connectivity index (χ1) is 20.9. The molecule has 3 amide bonds. The zero-order chi connectivity index (χ0) is 30.1. The Hall–Kier alpha value is -3.64. The summed E-state index contributed by atoms with van der Waals surface area (Å²) in [4.78, 5) is 43.9. The lowest BCUT2D eigenvalue weighted by atomic mass is 9.66. The molecule has 43 heavy (non-hydrogen) atoms. The van der Waals surface area contributed by atoms with Crippen LogP contribution in [0.15, 0.2) is 48.5 Å². The van der Waals surface area contributed by atoms with Crippen molar-refractivity contribution in [3.05, 3.63) is 48.5 Å². The van der Waals surface area contributed by atoms with E-state index in [0.717, 1.165) is 29.6 Å². The maximum atomic E-state index is 14.2. The maximum Gasteiger partial charge on any atom is 0.245 e. The first-order valence-corrected chi connectivity index (χ1v) is 16.0. The van der Waals surface area contributed by atoms with Crippen LogP contribution in [0.1, 0.15) is 39.5 Å². The molecule has 3 aliphatic heterocycles. The molecule has 2 aromatic carbocycles. The number of nitrogens with zero attached hydrogens (tertiary/aromatic N) is 4. The van der Waals surface area contributed by atoms with Crippen LogP contribution in [0.25, 0.3) is 11.0 Å². The van der Waals surface area contributed by atoms with Crippen molar-refractivity contribution in [2.24, 2.45) is 17.8 Å². The van der Waals surface area contributed by atoms with E-state index in [1.165, 1.54) is 0 Å². The number of fused-ring (bicyclic) bond motifs is 2. The third-order valence-electron chi connectivity index (χ3n) is 9.11. The van der Waals surface area contributed by atoms with Crippen molar-refractivity contribution in [1.82, 2.24) is 25.2 Å². The number of anilines is 1. The second-order valence-electron chi connectivity index (χ2n) is 11.6. The van der Waals surface area contributed by atoms with E-state index in [0.29, 0.717) is 31.7 Å². The van der Waals surface area contributed by atoms with E-state index in [1.54, 1.807) is 33.5 Å². The van der Waals surface area contributed by atoms with E-state index in [1.807, 2.05) is 43.3 Å². The molecule has 0 aliphatic carbocycles. The number of likely N-dealkylation sites (tertiary alicyclic amines) is 1. The second-order valence-corrected chi connectivity index (χ2v) is 13.1. The topological polar surface area (TPSA) is 139 Å². The Morgan fingerprint density at radius 3 is 2.67 bits per heavy atom. The summed E-state index contributed by atoms with van der Waals surface area (Å²) in [5, 5.41) is 23.7. The van der Waals surface area contributed by atoms with Crippen LogP contribution in [0.2, 0.25) is 0 Å². The van der Waals surface area contributed by atoms with Crippen LogP contribution in [0.4, 0.5) is 5.69 Å². The fraction of sp³-hybridized carbons (Fsp3) is 0.516. The van der Waals surface area contributed by atoms with Crippen LogP contribution in [-0.2, 0) is 21.1 Å². The number of hydrogen-bond donors (Lipinski definition) is 3. The number of aliphatic hydroxyl groups excluding tert-OH is 1. The van der Waals surface area contributed by atoms with Crippen molar-refractivity contribution in [3.8, 4) is 5.75 Å². The lowest BCUT2D eigenvalue weighted by Crippen LogP contribution is -2.56. The Balaban J connectivity index is 1.26. The summed E-state index contributed by atoms with van der Waals surface area (Å²) in [6.07, 6.45) is 2.79. The van der Waals surface area contributed by atoms with Gasteiger partial charge in [-0.3, -0.25) is 14.4 Å². The molecule has 1 aromatic heterocycles. The highest BCUT2D eigenvalue weighted by Gasteiger charge is 2.75. The van der Waals surface area contributed by atoms with Gasteiger partial charge in [0, 0.05) is 24.1 Å². The molecule has 3 N–H and O–H groups in total. The molecular formula is C31H38N6O5S. The van der Waals surface area contributed by atoms with Crippen LogP contribution in [-0.4, -0.2) is 78.5 Å². The molecule has 4 heterocycles. The van der Waals surface area contributed by atoms with Gasteiger partial charge in [-0.1, -0.05) is 24.3 Å². The quantitative estimate of drug-likeness (QED) is 0.268. The van der Waals surface area contributed by atoms with Gasteiger partial charge in [0.25, 0.3) is 0 Å². The smallest absolute Gasteiger partial charge is 0.245 e. The van der Waals surface area contributed by atoms with Gasteiger partial charge >= 0.3 is 0 Å². The number of thioether (sulfide) groups is 1. The molecule has 3 fully saturated rings. The highest BCUT2D eigenvalue weighted by Crippen LogP contribution is 2.68. The Labute approximate surface area is 254 Å². The molecular weight excluding hydrogens is 568 g/mol. The molecule has 3 aliphatic rings. The number of nitrogens with one attached hydrogen (secondary N) is 2. The Morgan fingerprint density at radius 2 is 1.91 bits per heavy atom. The molecule has 11 nitrogen and oxygen atoms in total. The molecule has 12 heteroatoms. The van der Waals surface area contributed by atoms with Crippen LogP contribution in [0.3, 0.4) is 0 Å². The summed E-state index contributed by atoms with van der Waals surface area (Å²) in [6.45, 7) is 5.17. The lowest BCUT2D eigenvalue weighted by Gasteiger charge is -2.38. The zero-order valence-electron chi connectivity index (χ0n) is 24.4. The summed E-state index contributed by atoms with van der Waals surface area (Å²) in [5.41, 5.74) is 2.18. The van der Waals surface area contributed by atoms with E-state index in [4.69, 9.17) is 4.74 Å².